The molecule has 1 fully saturated rings. The Bertz CT molecular complexity index is 1140. The Kier molecular flexibility index (Phi) is 7.62. The number of hydrogen-bond donors (Lipinski definition) is 5. The molecule has 0 aromatic heterocycles. The van der Waals surface area contributed by atoms with Crippen molar-refractivity contribution in [3.8, 4) is 0 Å². The lowest BCUT2D eigenvalue weighted by atomic mass is 9.96. The van der Waals surface area contributed by atoms with Crippen LogP contribution in [0.25, 0.3) is 0 Å². The van der Waals surface area contributed by atoms with E-state index in [-0.39, 0.29) is 18.0 Å². The molecule has 0 bridgehead atoms. The summed E-state index contributed by atoms with van der Waals surface area (Å²) in [5, 5.41) is 14.2. The monoisotopic (exact) mass is 471 g/mol. The number of nitrogens with one attached hydrogen (secondary N) is 5. The van der Waals surface area contributed by atoms with Gasteiger partial charge in [0, 0.05) is 23.6 Å². The summed E-state index contributed by atoms with van der Waals surface area (Å²) < 4.78 is 0. The number of amides is 5. The fraction of sp³-hybridized carbons (Fsp3) is 0.222. The van der Waals surface area contributed by atoms with Gasteiger partial charge in [-0.1, -0.05) is 61.4 Å². The zero-order valence-corrected chi connectivity index (χ0v) is 19.3. The lowest BCUT2D eigenvalue weighted by molar-refractivity contribution is -0.121. The van der Waals surface area contributed by atoms with Crippen LogP contribution < -0.4 is 26.6 Å². The number of anilines is 3. The van der Waals surface area contributed by atoms with E-state index in [4.69, 9.17) is 0 Å². The Morgan fingerprint density at radius 2 is 1.14 bits per heavy atom. The molecule has 0 spiro atoms. The average Bonchev–Trinajstić information content (AvgIpc) is 3.35. The van der Waals surface area contributed by atoms with Gasteiger partial charge in [0.2, 0.25) is 5.91 Å². The van der Waals surface area contributed by atoms with E-state index in [1.165, 1.54) is 0 Å². The Balaban J connectivity index is 1.31. The SMILES string of the molecule is O=C(Nc1ccccc1)Nc1ccc(NC(=O)C2(NC(=O)NCc3ccccc3)CCCC2)cc1. The Morgan fingerprint density at radius 1 is 0.629 bits per heavy atom. The topological polar surface area (TPSA) is 111 Å². The Labute approximate surface area is 204 Å². The van der Waals surface area contributed by atoms with Crippen LogP contribution in [0.15, 0.2) is 84.9 Å². The van der Waals surface area contributed by atoms with Gasteiger partial charge in [-0.25, -0.2) is 9.59 Å². The number of para-hydroxylation sites is 1. The number of carbonyl (C=O) groups is 3. The normalized spacial score (nSPS) is 13.9. The van der Waals surface area contributed by atoms with Gasteiger partial charge < -0.3 is 26.6 Å². The van der Waals surface area contributed by atoms with Gasteiger partial charge in [-0.05, 0) is 54.8 Å². The quantitative estimate of drug-likeness (QED) is 0.331. The molecule has 8 nitrogen and oxygen atoms in total. The summed E-state index contributed by atoms with van der Waals surface area (Å²) in [6, 6.07) is 24.9. The van der Waals surface area contributed by atoms with Gasteiger partial charge in [-0.2, -0.15) is 0 Å². The summed E-state index contributed by atoms with van der Waals surface area (Å²) in [5.74, 6) is -0.243. The summed E-state index contributed by atoms with van der Waals surface area (Å²) in [6.07, 6.45) is 2.89. The van der Waals surface area contributed by atoms with Crippen LogP contribution in [0.3, 0.4) is 0 Å². The third kappa shape index (κ3) is 6.60. The van der Waals surface area contributed by atoms with Crippen LogP contribution in [-0.2, 0) is 11.3 Å². The molecule has 1 saturated carbocycles. The van der Waals surface area contributed by atoms with E-state index in [0.29, 0.717) is 36.4 Å². The van der Waals surface area contributed by atoms with E-state index in [1.54, 1.807) is 36.4 Å². The molecule has 8 heteroatoms. The highest BCUT2D eigenvalue weighted by atomic mass is 16.2. The number of hydrogen-bond acceptors (Lipinski definition) is 3. The molecule has 3 aromatic rings. The molecule has 0 atom stereocenters. The predicted octanol–water partition coefficient (Wildman–Crippen LogP) is 5.08. The van der Waals surface area contributed by atoms with Crippen LogP contribution in [0, 0.1) is 0 Å². The smallest absolute Gasteiger partial charge is 0.323 e. The van der Waals surface area contributed by atoms with Gasteiger partial charge in [0.1, 0.15) is 5.54 Å². The van der Waals surface area contributed by atoms with Crippen LogP contribution in [-0.4, -0.2) is 23.5 Å². The standard InChI is InChI=1S/C27H29N5O3/c33-24(27(17-7-8-18-27)32-25(34)28-19-20-9-3-1-4-10-20)29-22-13-15-23(16-14-22)31-26(35)30-21-11-5-2-6-12-21/h1-6,9-16H,7-8,17-19H2,(H,29,33)(H2,28,32,34)(H2,30,31,35). The first-order valence-corrected chi connectivity index (χ1v) is 11.7. The molecule has 0 saturated heterocycles. The lowest BCUT2D eigenvalue weighted by Crippen LogP contribution is -2.57. The highest BCUT2D eigenvalue weighted by Crippen LogP contribution is 2.31. The minimum Gasteiger partial charge on any atom is -0.334 e. The minimum atomic E-state index is -0.951. The number of rotatable bonds is 7. The molecule has 0 aliphatic heterocycles. The van der Waals surface area contributed by atoms with Crippen LogP contribution in [0.2, 0.25) is 0 Å². The second-order valence-electron chi connectivity index (χ2n) is 8.56. The molecule has 0 heterocycles. The maximum atomic E-state index is 13.2. The molecule has 180 valence electrons. The Hall–Kier alpha value is -4.33. The number of urea groups is 2. The molecule has 5 N–H and O–H groups in total. The van der Waals surface area contributed by atoms with E-state index in [1.807, 2.05) is 48.5 Å². The predicted molar refractivity (Wildman–Crippen MR) is 137 cm³/mol. The van der Waals surface area contributed by atoms with Crippen LogP contribution in [0.1, 0.15) is 31.2 Å². The fourth-order valence-electron chi connectivity index (χ4n) is 4.13. The van der Waals surface area contributed by atoms with Crippen LogP contribution >= 0.6 is 0 Å². The van der Waals surface area contributed by atoms with Crippen molar-refractivity contribution in [1.82, 2.24) is 10.6 Å². The van der Waals surface area contributed by atoms with Crippen molar-refractivity contribution in [2.24, 2.45) is 0 Å². The number of benzene rings is 3. The second kappa shape index (κ2) is 11.2. The van der Waals surface area contributed by atoms with Crippen molar-refractivity contribution in [1.29, 1.82) is 0 Å². The van der Waals surface area contributed by atoms with Crippen molar-refractivity contribution >= 4 is 35.0 Å². The van der Waals surface area contributed by atoms with E-state index < -0.39 is 5.54 Å². The largest absolute Gasteiger partial charge is 0.334 e. The average molecular weight is 472 g/mol. The maximum Gasteiger partial charge on any atom is 0.323 e. The van der Waals surface area contributed by atoms with Gasteiger partial charge >= 0.3 is 12.1 Å². The van der Waals surface area contributed by atoms with E-state index >= 15 is 0 Å². The first-order chi connectivity index (χ1) is 17.0. The molecule has 1 aliphatic rings. The van der Waals surface area contributed by atoms with Crippen LogP contribution in [0.4, 0.5) is 26.7 Å². The van der Waals surface area contributed by atoms with Gasteiger partial charge in [-0.3, -0.25) is 4.79 Å². The molecular weight excluding hydrogens is 442 g/mol. The van der Waals surface area contributed by atoms with Crippen molar-refractivity contribution < 1.29 is 14.4 Å². The summed E-state index contributed by atoms with van der Waals surface area (Å²) >= 11 is 0. The van der Waals surface area contributed by atoms with Gasteiger partial charge in [0.05, 0.1) is 0 Å². The molecule has 35 heavy (non-hydrogen) atoms. The van der Waals surface area contributed by atoms with Crippen molar-refractivity contribution in [3.05, 3.63) is 90.5 Å². The van der Waals surface area contributed by atoms with Crippen molar-refractivity contribution in [2.75, 3.05) is 16.0 Å². The molecule has 5 amide bonds. The summed E-state index contributed by atoms with van der Waals surface area (Å²) in [4.78, 5) is 37.9. The molecule has 0 radical (unpaired) electrons. The maximum absolute atomic E-state index is 13.2. The first-order valence-electron chi connectivity index (χ1n) is 11.7. The molecular formula is C27H29N5O3. The fourth-order valence-corrected chi connectivity index (χ4v) is 4.13. The third-order valence-corrected chi connectivity index (χ3v) is 5.97. The zero-order chi connectivity index (χ0) is 24.5. The van der Waals surface area contributed by atoms with E-state index in [9.17, 15) is 14.4 Å². The van der Waals surface area contributed by atoms with Gasteiger partial charge in [0.15, 0.2) is 0 Å². The second-order valence-corrected chi connectivity index (χ2v) is 8.56. The van der Waals surface area contributed by atoms with Crippen molar-refractivity contribution in [2.45, 2.75) is 37.8 Å². The highest BCUT2D eigenvalue weighted by molar-refractivity contribution is 6.02. The summed E-state index contributed by atoms with van der Waals surface area (Å²) in [6.45, 7) is 0.386. The third-order valence-electron chi connectivity index (χ3n) is 5.97. The summed E-state index contributed by atoms with van der Waals surface area (Å²) in [5.41, 5.74) is 1.90. The molecule has 3 aromatic carbocycles. The molecule has 0 unspecified atom stereocenters. The van der Waals surface area contributed by atoms with E-state index in [2.05, 4.69) is 26.6 Å². The van der Waals surface area contributed by atoms with E-state index in [0.717, 1.165) is 18.4 Å². The Morgan fingerprint density at radius 3 is 1.74 bits per heavy atom. The summed E-state index contributed by atoms with van der Waals surface area (Å²) in [7, 11) is 0. The lowest BCUT2D eigenvalue weighted by Gasteiger charge is -2.29. The molecule has 1 aliphatic carbocycles. The minimum absolute atomic E-state index is 0.243. The van der Waals surface area contributed by atoms with Crippen molar-refractivity contribution in [3.63, 3.8) is 0 Å². The van der Waals surface area contributed by atoms with Crippen LogP contribution in [0.5, 0.6) is 0 Å². The first kappa shape index (κ1) is 23.8. The highest BCUT2D eigenvalue weighted by Gasteiger charge is 2.42. The van der Waals surface area contributed by atoms with Gasteiger partial charge in [0.25, 0.3) is 0 Å². The molecule has 4 rings (SSSR count). The number of carbonyl (C=O) groups excluding carboxylic acids is 3. The van der Waals surface area contributed by atoms with Gasteiger partial charge in [-0.15, -0.1) is 0 Å². The zero-order valence-electron chi connectivity index (χ0n) is 19.3.